The van der Waals surface area contributed by atoms with Crippen molar-refractivity contribution < 1.29 is 14.3 Å². The number of aryl methyl sites for hydroxylation is 3. The van der Waals surface area contributed by atoms with Gasteiger partial charge < -0.3 is 10.1 Å². The fourth-order valence-electron chi connectivity index (χ4n) is 2.57. The van der Waals surface area contributed by atoms with Crippen LogP contribution in [0.2, 0.25) is 0 Å². The van der Waals surface area contributed by atoms with Crippen LogP contribution in [0.4, 0.5) is 5.13 Å². The first-order valence-electron chi connectivity index (χ1n) is 8.33. The van der Waals surface area contributed by atoms with Gasteiger partial charge in [-0.1, -0.05) is 24.0 Å². The van der Waals surface area contributed by atoms with E-state index in [0.29, 0.717) is 26.6 Å². The lowest BCUT2D eigenvalue weighted by molar-refractivity contribution is -0.116. The zero-order chi connectivity index (χ0) is 20.4. The summed E-state index contributed by atoms with van der Waals surface area (Å²) in [6, 6.07) is 1.77. The zero-order valence-electron chi connectivity index (χ0n) is 15.6. The second-order valence-electron chi connectivity index (χ2n) is 6.00. The van der Waals surface area contributed by atoms with Gasteiger partial charge in [0.2, 0.25) is 5.91 Å². The molecular weight excluding hydrogens is 400 g/mol. The quantitative estimate of drug-likeness (QED) is 0.488. The van der Waals surface area contributed by atoms with E-state index in [2.05, 4.69) is 21.9 Å². The highest BCUT2D eigenvalue weighted by atomic mass is 32.1. The van der Waals surface area contributed by atoms with Crippen molar-refractivity contribution in [2.75, 3.05) is 11.9 Å². The maximum absolute atomic E-state index is 12.7. The van der Waals surface area contributed by atoms with Crippen molar-refractivity contribution in [2.45, 2.75) is 27.3 Å². The van der Waals surface area contributed by atoms with Gasteiger partial charge in [0.15, 0.2) is 5.13 Å². The Bertz CT molecular complexity index is 1140. The molecule has 3 rings (SSSR count). The Morgan fingerprint density at radius 2 is 2.04 bits per heavy atom. The molecule has 0 radical (unpaired) electrons. The van der Waals surface area contributed by atoms with E-state index in [-0.39, 0.29) is 23.8 Å². The molecule has 0 bridgehead atoms. The number of thiophene rings is 1. The van der Waals surface area contributed by atoms with Gasteiger partial charge in [0, 0.05) is 4.88 Å². The Balaban J connectivity index is 1.78. The highest BCUT2D eigenvalue weighted by Gasteiger charge is 2.19. The average molecular weight is 419 g/mol. The van der Waals surface area contributed by atoms with Crippen LogP contribution < -0.4 is 10.9 Å². The van der Waals surface area contributed by atoms with E-state index in [1.54, 1.807) is 19.9 Å². The summed E-state index contributed by atoms with van der Waals surface area (Å²) in [5.41, 5.74) is 0.200. The molecular formula is C18H18N4O4S2. The largest absolute Gasteiger partial charge is 0.457 e. The topological polar surface area (TPSA) is 103 Å². The van der Waals surface area contributed by atoms with Crippen LogP contribution in [0.1, 0.15) is 26.1 Å². The molecule has 0 atom stereocenters. The highest BCUT2D eigenvalue weighted by Crippen LogP contribution is 2.24. The molecule has 1 N–H and O–H groups in total. The monoisotopic (exact) mass is 418 g/mol. The van der Waals surface area contributed by atoms with Gasteiger partial charge in [-0.2, -0.15) is 0 Å². The van der Waals surface area contributed by atoms with Crippen molar-refractivity contribution in [3.8, 4) is 0 Å². The lowest BCUT2D eigenvalue weighted by Crippen LogP contribution is -2.29. The van der Waals surface area contributed by atoms with Crippen LogP contribution >= 0.6 is 22.7 Å². The SMILES string of the molecule is C=CCOC(=O)c1sc(NC(=O)Cn2c(C)nc3sc(C)cc3c2=O)nc1C. The molecule has 146 valence electrons. The van der Waals surface area contributed by atoms with Gasteiger partial charge in [-0.05, 0) is 26.8 Å². The number of hydrogen-bond donors (Lipinski definition) is 1. The molecule has 0 unspecified atom stereocenters. The number of fused-ring (bicyclic) bond motifs is 1. The van der Waals surface area contributed by atoms with Crippen LogP contribution in [0.5, 0.6) is 0 Å². The van der Waals surface area contributed by atoms with Gasteiger partial charge in [-0.15, -0.1) is 11.3 Å². The number of anilines is 1. The molecule has 0 aromatic carbocycles. The van der Waals surface area contributed by atoms with Gasteiger partial charge in [-0.25, -0.2) is 14.8 Å². The summed E-state index contributed by atoms with van der Waals surface area (Å²) in [7, 11) is 0. The van der Waals surface area contributed by atoms with E-state index in [4.69, 9.17) is 4.74 Å². The molecule has 3 heterocycles. The molecule has 0 fully saturated rings. The van der Waals surface area contributed by atoms with Gasteiger partial charge >= 0.3 is 5.97 Å². The number of rotatable bonds is 6. The van der Waals surface area contributed by atoms with Crippen molar-refractivity contribution in [3.63, 3.8) is 0 Å². The standard InChI is InChI=1S/C18H18N4O4S2/c1-5-6-26-17(25)14-10(3)19-18(28-14)21-13(23)8-22-11(4)20-15-12(16(22)24)7-9(2)27-15/h5,7H,1,6,8H2,2-4H3,(H,19,21,23). The molecule has 0 spiro atoms. The number of carbonyl (C=O) groups excluding carboxylic acids is 2. The van der Waals surface area contributed by atoms with Crippen molar-refractivity contribution in [3.05, 3.63) is 50.3 Å². The predicted molar refractivity (Wildman–Crippen MR) is 109 cm³/mol. The lowest BCUT2D eigenvalue weighted by atomic mass is 10.3. The maximum Gasteiger partial charge on any atom is 0.350 e. The Morgan fingerprint density at radius 3 is 2.75 bits per heavy atom. The van der Waals surface area contributed by atoms with Gasteiger partial charge in [0.1, 0.15) is 28.7 Å². The molecule has 28 heavy (non-hydrogen) atoms. The third kappa shape index (κ3) is 4.02. The molecule has 3 aromatic heterocycles. The number of carbonyl (C=O) groups is 2. The summed E-state index contributed by atoms with van der Waals surface area (Å²) in [6.07, 6.45) is 1.47. The summed E-state index contributed by atoms with van der Waals surface area (Å²) >= 11 is 2.46. The Morgan fingerprint density at radius 1 is 1.29 bits per heavy atom. The van der Waals surface area contributed by atoms with Crippen molar-refractivity contribution in [2.24, 2.45) is 0 Å². The van der Waals surface area contributed by atoms with Crippen LogP contribution in [-0.2, 0) is 16.1 Å². The van der Waals surface area contributed by atoms with Crippen LogP contribution in [0, 0.1) is 20.8 Å². The number of amides is 1. The highest BCUT2D eigenvalue weighted by molar-refractivity contribution is 7.18. The van der Waals surface area contributed by atoms with Crippen LogP contribution in [-0.4, -0.2) is 33.0 Å². The second-order valence-corrected chi connectivity index (χ2v) is 8.23. The van der Waals surface area contributed by atoms with Crippen LogP contribution in [0.15, 0.2) is 23.5 Å². The second kappa shape index (κ2) is 8.03. The van der Waals surface area contributed by atoms with Crippen LogP contribution in [0.3, 0.4) is 0 Å². The molecule has 0 aliphatic carbocycles. The Kier molecular flexibility index (Phi) is 5.71. The number of nitrogens with zero attached hydrogens (tertiary/aromatic N) is 3. The summed E-state index contributed by atoms with van der Waals surface area (Å²) in [6.45, 7) is 8.63. The van der Waals surface area contributed by atoms with E-state index >= 15 is 0 Å². The first-order valence-corrected chi connectivity index (χ1v) is 9.96. The molecule has 0 saturated heterocycles. The summed E-state index contributed by atoms with van der Waals surface area (Å²) in [5.74, 6) is -0.499. The fraction of sp³-hybridized carbons (Fsp3) is 0.278. The summed E-state index contributed by atoms with van der Waals surface area (Å²) in [4.78, 5) is 47.6. The number of nitrogens with one attached hydrogen (secondary N) is 1. The predicted octanol–water partition coefficient (Wildman–Crippen LogP) is 2.82. The molecule has 0 saturated carbocycles. The van der Waals surface area contributed by atoms with Crippen molar-refractivity contribution in [1.29, 1.82) is 0 Å². The number of esters is 1. The third-order valence-corrected chi connectivity index (χ3v) is 5.82. The molecule has 0 aliphatic heterocycles. The number of aromatic nitrogens is 3. The minimum Gasteiger partial charge on any atom is -0.457 e. The van der Waals surface area contributed by atoms with E-state index < -0.39 is 11.9 Å². The number of ether oxygens (including phenoxy) is 1. The molecule has 1 amide bonds. The smallest absolute Gasteiger partial charge is 0.350 e. The van der Waals surface area contributed by atoms with Crippen molar-refractivity contribution >= 4 is 49.9 Å². The fourth-order valence-corrected chi connectivity index (χ4v) is 4.36. The zero-order valence-corrected chi connectivity index (χ0v) is 17.2. The Hall–Kier alpha value is -2.85. The number of hydrogen-bond acceptors (Lipinski definition) is 8. The minimum atomic E-state index is -0.523. The van der Waals surface area contributed by atoms with Crippen molar-refractivity contribution in [1.82, 2.24) is 14.5 Å². The average Bonchev–Trinajstić information content (AvgIpc) is 3.18. The lowest BCUT2D eigenvalue weighted by Gasteiger charge is -2.08. The normalized spacial score (nSPS) is 10.8. The third-order valence-electron chi connectivity index (χ3n) is 3.83. The first kappa shape index (κ1) is 19.9. The molecule has 0 aliphatic rings. The minimum absolute atomic E-state index is 0.0948. The summed E-state index contributed by atoms with van der Waals surface area (Å²) in [5, 5.41) is 3.39. The first-order chi connectivity index (χ1) is 13.3. The van der Waals surface area contributed by atoms with Gasteiger partial charge in [0.25, 0.3) is 5.56 Å². The molecule has 10 heteroatoms. The molecule has 8 nitrogen and oxygen atoms in total. The van der Waals surface area contributed by atoms with Gasteiger partial charge in [-0.3, -0.25) is 14.2 Å². The summed E-state index contributed by atoms with van der Waals surface area (Å²) < 4.78 is 6.32. The Labute approximate surface area is 168 Å². The van der Waals surface area contributed by atoms with E-state index in [1.807, 2.05) is 6.92 Å². The van der Waals surface area contributed by atoms with E-state index in [1.165, 1.54) is 22.0 Å². The number of thiazole rings is 1. The molecule has 3 aromatic rings. The van der Waals surface area contributed by atoms with Crippen LogP contribution in [0.25, 0.3) is 10.2 Å². The van der Waals surface area contributed by atoms with E-state index in [9.17, 15) is 14.4 Å². The van der Waals surface area contributed by atoms with Gasteiger partial charge in [0.05, 0.1) is 11.1 Å². The van der Waals surface area contributed by atoms with E-state index in [0.717, 1.165) is 16.2 Å². The maximum atomic E-state index is 12.7.